The number of halogens is 3. The second-order valence-electron chi connectivity index (χ2n) is 4.31. The van der Waals surface area contributed by atoms with Gasteiger partial charge < -0.3 is 4.74 Å². The highest BCUT2D eigenvalue weighted by atomic mass is 32.1. The summed E-state index contributed by atoms with van der Waals surface area (Å²) in [5, 5.41) is 0.322. The van der Waals surface area contributed by atoms with Crippen molar-refractivity contribution in [2.75, 3.05) is 6.61 Å². The molecule has 0 aliphatic carbocycles. The summed E-state index contributed by atoms with van der Waals surface area (Å²) < 4.78 is 43.3. The van der Waals surface area contributed by atoms with Crippen molar-refractivity contribution in [3.05, 3.63) is 34.2 Å². The zero-order valence-electron chi connectivity index (χ0n) is 11.2. The lowest BCUT2D eigenvalue weighted by Crippen LogP contribution is -2.17. The summed E-state index contributed by atoms with van der Waals surface area (Å²) in [5.74, 6) is -1.83. The first-order chi connectivity index (χ1) is 9.75. The number of esters is 1. The lowest BCUT2D eigenvalue weighted by atomic mass is 10.1. The number of fused-ring (bicyclic) bond motifs is 1. The number of hydrogen-bond donors (Lipinski definition) is 0. The van der Waals surface area contributed by atoms with Crippen molar-refractivity contribution in [2.45, 2.75) is 20.0 Å². The zero-order chi connectivity index (χ0) is 15.8. The molecule has 112 valence electrons. The lowest BCUT2D eigenvalue weighted by Gasteiger charge is -2.06. The third-order valence-corrected chi connectivity index (χ3v) is 4.20. The smallest absolute Gasteiger partial charge is 0.416 e. The minimum atomic E-state index is -4.45. The maximum Gasteiger partial charge on any atom is 0.416 e. The van der Waals surface area contributed by atoms with E-state index < -0.39 is 23.5 Å². The standard InChI is InChI=1S/C14H11F3O3S/c1-3-20-13(19)11(18)12-7(2)9-6-8(14(15,16)17)4-5-10(9)21-12/h4-6H,3H2,1-2H3. The molecule has 7 heteroatoms. The molecule has 3 nitrogen and oxygen atoms in total. The molecule has 21 heavy (non-hydrogen) atoms. The minimum Gasteiger partial charge on any atom is -0.460 e. The number of thiophene rings is 1. The molecule has 0 spiro atoms. The van der Waals surface area contributed by atoms with E-state index in [9.17, 15) is 22.8 Å². The van der Waals surface area contributed by atoms with E-state index in [0.717, 1.165) is 23.5 Å². The van der Waals surface area contributed by atoms with Gasteiger partial charge in [0, 0.05) is 4.70 Å². The lowest BCUT2D eigenvalue weighted by molar-refractivity contribution is -0.138. The molecule has 1 aromatic heterocycles. The highest BCUT2D eigenvalue weighted by molar-refractivity contribution is 7.21. The number of hydrogen-bond acceptors (Lipinski definition) is 4. The molecule has 1 heterocycles. The predicted molar refractivity (Wildman–Crippen MR) is 72.5 cm³/mol. The monoisotopic (exact) mass is 316 g/mol. The number of rotatable bonds is 3. The van der Waals surface area contributed by atoms with E-state index in [2.05, 4.69) is 4.74 Å². The summed E-state index contributed by atoms with van der Waals surface area (Å²) in [6, 6.07) is 3.25. The van der Waals surface area contributed by atoms with Crippen molar-refractivity contribution in [1.29, 1.82) is 0 Å². The molecule has 0 atom stereocenters. The molecule has 0 aliphatic rings. The van der Waals surface area contributed by atoms with Crippen molar-refractivity contribution in [3.8, 4) is 0 Å². The molecule has 0 fully saturated rings. The number of benzene rings is 1. The van der Waals surface area contributed by atoms with E-state index in [1.807, 2.05) is 0 Å². The topological polar surface area (TPSA) is 43.4 Å². The summed E-state index contributed by atoms with van der Waals surface area (Å²) in [6.07, 6.45) is -4.45. The van der Waals surface area contributed by atoms with Crippen LogP contribution < -0.4 is 0 Å². The number of aryl methyl sites for hydroxylation is 1. The van der Waals surface area contributed by atoms with E-state index in [-0.39, 0.29) is 11.5 Å². The second-order valence-corrected chi connectivity index (χ2v) is 5.37. The minimum absolute atomic E-state index is 0.0622. The third-order valence-electron chi connectivity index (χ3n) is 2.93. The van der Waals surface area contributed by atoms with Gasteiger partial charge in [-0.1, -0.05) is 0 Å². The molecular formula is C14H11F3O3S. The number of alkyl halides is 3. The first-order valence-electron chi connectivity index (χ1n) is 6.07. The Morgan fingerprint density at radius 3 is 2.52 bits per heavy atom. The quantitative estimate of drug-likeness (QED) is 0.489. The predicted octanol–water partition coefficient (Wildman–Crippen LogP) is 3.97. The summed E-state index contributed by atoms with van der Waals surface area (Å²) >= 11 is 0.988. The maximum atomic E-state index is 12.7. The van der Waals surface area contributed by atoms with Gasteiger partial charge in [-0.3, -0.25) is 4.79 Å². The molecular weight excluding hydrogens is 305 g/mol. The molecule has 0 unspecified atom stereocenters. The molecule has 0 saturated heterocycles. The summed E-state index contributed by atoms with van der Waals surface area (Å²) in [5.41, 5.74) is -0.426. The first kappa shape index (κ1) is 15.5. The van der Waals surface area contributed by atoms with Crippen LogP contribution in [-0.2, 0) is 15.7 Å². The van der Waals surface area contributed by atoms with Gasteiger partial charge in [0.05, 0.1) is 17.0 Å². The highest BCUT2D eigenvalue weighted by Crippen LogP contribution is 2.36. The summed E-state index contributed by atoms with van der Waals surface area (Å²) in [6.45, 7) is 3.15. The van der Waals surface area contributed by atoms with E-state index >= 15 is 0 Å². The second kappa shape index (κ2) is 5.48. The van der Waals surface area contributed by atoms with Gasteiger partial charge in [0.2, 0.25) is 0 Å². The number of carbonyl (C=O) groups is 2. The molecule has 0 bridgehead atoms. The van der Waals surface area contributed by atoms with E-state index in [1.165, 1.54) is 13.0 Å². The third kappa shape index (κ3) is 2.92. The Labute approximate surface area is 122 Å². The van der Waals surface area contributed by atoms with Crippen LogP contribution in [0.3, 0.4) is 0 Å². The molecule has 0 radical (unpaired) electrons. The maximum absolute atomic E-state index is 12.7. The molecule has 0 amide bonds. The molecule has 2 aromatic rings. The van der Waals surface area contributed by atoms with Crippen LogP contribution >= 0.6 is 11.3 Å². The van der Waals surface area contributed by atoms with Gasteiger partial charge in [0.1, 0.15) is 0 Å². The Morgan fingerprint density at radius 2 is 1.95 bits per heavy atom. The molecule has 0 N–H and O–H groups in total. The zero-order valence-corrected chi connectivity index (χ0v) is 12.0. The highest BCUT2D eigenvalue weighted by Gasteiger charge is 2.31. The van der Waals surface area contributed by atoms with Crippen molar-refractivity contribution >= 4 is 33.2 Å². The van der Waals surface area contributed by atoms with Crippen LogP contribution in [0.2, 0.25) is 0 Å². The normalized spacial score (nSPS) is 11.7. The van der Waals surface area contributed by atoms with Crippen molar-refractivity contribution in [2.24, 2.45) is 0 Å². The molecule has 1 aromatic carbocycles. The van der Waals surface area contributed by atoms with Gasteiger partial charge in [0.15, 0.2) is 0 Å². The fraction of sp³-hybridized carbons (Fsp3) is 0.286. The van der Waals surface area contributed by atoms with Gasteiger partial charge in [0.25, 0.3) is 5.78 Å². The Kier molecular flexibility index (Phi) is 4.04. The van der Waals surface area contributed by atoms with Gasteiger partial charge in [-0.05, 0) is 43.0 Å². The van der Waals surface area contributed by atoms with E-state index in [0.29, 0.717) is 15.6 Å². The van der Waals surface area contributed by atoms with Gasteiger partial charge >= 0.3 is 12.1 Å². The van der Waals surface area contributed by atoms with Crippen LogP contribution in [0.4, 0.5) is 13.2 Å². The fourth-order valence-corrected chi connectivity index (χ4v) is 3.02. The van der Waals surface area contributed by atoms with Crippen LogP contribution in [-0.4, -0.2) is 18.4 Å². The summed E-state index contributed by atoms with van der Waals surface area (Å²) in [4.78, 5) is 23.5. The largest absolute Gasteiger partial charge is 0.460 e. The van der Waals surface area contributed by atoms with Gasteiger partial charge in [-0.25, -0.2) is 4.79 Å². The van der Waals surface area contributed by atoms with Crippen LogP contribution in [0.1, 0.15) is 27.7 Å². The Hall–Kier alpha value is -1.89. The SMILES string of the molecule is CCOC(=O)C(=O)c1sc2ccc(C(F)(F)F)cc2c1C. The van der Waals surface area contributed by atoms with E-state index in [4.69, 9.17) is 0 Å². The molecule has 0 saturated carbocycles. The van der Waals surface area contributed by atoms with Gasteiger partial charge in [-0.2, -0.15) is 13.2 Å². The Morgan fingerprint density at radius 1 is 1.29 bits per heavy atom. The van der Waals surface area contributed by atoms with Crippen LogP contribution in [0.5, 0.6) is 0 Å². The van der Waals surface area contributed by atoms with Gasteiger partial charge in [-0.15, -0.1) is 11.3 Å². The first-order valence-corrected chi connectivity index (χ1v) is 6.89. The summed E-state index contributed by atoms with van der Waals surface area (Å²) in [7, 11) is 0. The number of carbonyl (C=O) groups excluding carboxylic acids is 2. The Balaban J connectivity index is 2.51. The molecule has 0 aliphatic heterocycles. The fourth-order valence-electron chi connectivity index (χ4n) is 1.90. The van der Waals surface area contributed by atoms with Crippen molar-refractivity contribution in [3.63, 3.8) is 0 Å². The van der Waals surface area contributed by atoms with Crippen LogP contribution in [0.25, 0.3) is 10.1 Å². The van der Waals surface area contributed by atoms with Crippen molar-refractivity contribution < 1.29 is 27.5 Å². The number of Topliss-reactive ketones (excluding diaryl/α,β-unsaturated/α-hetero) is 1. The average Bonchev–Trinajstić information content (AvgIpc) is 2.74. The molecule has 2 rings (SSSR count). The van der Waals surface area contributed by atoms with E-state index in [1.54, 1.807) is 6.92 Å². The Bertz CT molecular complexity index is 716. The number of ketones is 1. The average molecular weight is 316 g/mol. The van der Waals surface area contributed by atoms with Crippen LogP contribution in [0, 0.1) is 6.92 Å². The van der Waals surface area contributed by atoms with Crippen molar-refractivity contribution in [1.82, 2.24) is 0 Å². The number of ether oxygens (including phenoxy) is 1. The van der Waals surface area contributed by atoms with Crippen LogP contribution in [0.15, 0.2) is 18.2 Å².